The van der Waals surface area contributed by atoms with Gasteiger partial charge >= 0.3 is 0 Å². The number of hydrogen-bond donors (Lipinski definition) is 6. The lowest BCUT2D eigenvalue weighted by atomic mass is 9.82. The standard InChI is InChI=1S/C40H48O12/c1-47-35-15-23(5-9-31(35)43)13-27(19-41)28(14-24-6-10-32(44)36(16-24)48-2)21-51-22-30-29(20-42)39(25-7-11-33(45)37(17-25)49-3)52-40(30)26-8-12-34(46)38(18-26)50-4/h5-12,15-18,27-30,39-46H,13-14,19-22H2,1-4H3. The number of benzene rings is 4. The molecule has 1 fully saturated rings. The lowest BCUT2D eigenvalue weighted by molar-refractivity contribution is 0.000238. The molecule has 0 aliphatic carbocycles. The molecule has 52 heavy (non-hydrogen) atoms. The molecule has 1 aliphatic heterocycles. The molecule has 0 amide bonds. The molecular weight excluding hydrogens is 672 g/mol. The third kappa shape index (κ3) is 8.59. The molecule has 6 atom stereocenters. The van der Waals surface area contributed by atoms with Gasteiger partial charge < -0.3 is 59.1 Å². The van der Waals surface area contributed by atoms with Gasteiger partial charge in [0.15, 0.2) is 46.0 Å². The summed E-state index contributed by atoms with van der Waals surface area (Å²) in [5.74, 6) is -0.102. The van der Waals surface area contributed by atoms with Crippen molar-refractivity contribution in [3.8, 4) is 46.0 Å². The Morgan fingerprint density at radius 3 is 1.42 bits per heavy atom. The highest BCUT2D eigenvalue weighted by atomic mass is 16.5. The highest BCUT2D eigenvalue weighted by Crippen LogP contribution is 2.51. The number of hydrogen-bond acceptors (Lipinski definition) is 12. The highest BCUT2D eigenvalue weighted by molar-refractivity contribution is 5.45. The van der Waals surface area contributed by atoms with Crippen LogP contribution in [0.1, 0.15) is 34.5 Å². The first-order chi connectivity index (χ1) is 25.1. The quantitative estimate of drug-likeness (QED) is 0.0831. The summed E-state index contributed by atoms with van der Waals surface area (Å²) in [5, 5.41) is 62.5. The topological polar surface area (TPSA) is 177 Å². The molecule has 0 aromatic heterocycles. The van der Waals surface area contributed by atoms with Gasteiger partial charge in [-0.3, -0.25) is 0 Å². The number of phenols is 4. The van der Waals surface area contributed by atoms with E-state index in [-0.39, 0.29) is 78.7 Å². The molecule has 12 heteroatoms. The minimum Gasteiger partial charge on any atom is -0.504 e. The molecule has 0 saturated carbocycles. The number of methoxy groups -OCH3 is 4. The normalized spacial score (nSPS) is 19.6. The van der Waals surface area contributed by atoms with E-state index in [9.17, 15) is 30.6 Å². The van der Waals surface area contributed by atoms with Crippen molar-refractivity contribution >= 4 is 0 Å². The Morgan fingerprint density at radius 1 is 0.558 bits per heavy atom. The SMILES string of the molecule is COc1cc(CC(CO)C(COCC2C(c3ccc(O)c(OC)c3)OC(c3ccc(O)c(OC)c3)C2CO)Cc2ccc(O)c(OC)c2)ccc1O. The number of ether oxygens (including phenoxy) is 6. The van der Waals surface area contributed by atoms with Crippen LogP contribution in [0.2, 0.25) is 0 Å². The molecule has 0 radical (unpaired) electrons. The van der Waals surface area contributed by atoms with Crippen molar-refractivity contribution in [3.05, 3.63) is 95.1 Å². The first-order valence-electron chi connectivity index (χ1n) is 17.0. The van der Waals surface area contributed by atoms with E-state index in [0.29, 0.717) is 29.9 Å². The molecule has 1 heterocycles. The molecule has 0 spiro atoms. The third-order valence-corrected chi connectivity index (χ3v) is 9.92. The third-order valence-electron chi connectivity index (χ3n) is 9.92. The monoisotopic (exact) mass is 720 g/mol. The molecule has 5 rings (SSSR count). The second kappa shape index (κ2) is 17.6. The Labute approximate surface area is 303 Å². The zero-order valence-corrected chi connectivity index (χ0v) is 29.8. The Balaban J connectivity index is 1.44. The molecular formula is C40H48O12. The Kier molecular flexibility index (Phi) is 13.0. The van der Waals surface area contributed by atoms with Crippen molar-refractivity contribution in [2.75, 3.05) is 54.9 Å². The second-order valence-electron chi connectivity index (χ2n) is 13.0. The van der Waals surface area contributed by atoms with Gasteiger partial charge in [0.05, 0.1) is 53.9 Å². The molecule has 12 nitrogen and oxygen atoms in total. The molecule has 6 N–H and O–H groups in total. The van der Waals surface area contributed by atoms with E-state index in [1.165, 1.54) is 40.6 Å². The van der Waals surface area contributed by atoms with Gasteiger partial charge in [0.25, 0.3) is 0 Å². The van der Waals surface area contributed by atoms with Crippen LogP contribution in [0, 0.1) is 23.7 Å². The first-order valence-corrected chi connectivity index (χ1v) is 17.0. The van der Waals surface area contributed by atoms with Crippen molar-refractivity contribution in [3.63, 3.8) is 0 Å². The van der Waals surface area contributed by atoms with Crippen LogP contribution in [-0.2, 0) is 22.3 Å². The van der Waals surface area contributed by atoms with E-state index < -0.39 is 18.1 Å². The first kappa shape index (κ1) is 38.4. The fourth-order valence-electron chi connectivity index (χ4n) is 7.05. The van der Waals surface area contributed by atoms with Crippen LogP contribution in [-0.4, -0.2) is 85.5 Å². The molecule has 1 aliphatic rings. The van der Waals surface area contributed by atoms with E-state index in [2.05, 4.69) is 0 Å². The van der Waals surface area contributed by atoms with Crippen molar-refractivity contribution in [1.82, 2.24) is 0 Å². The molecule has 0 bridgehead atoms. The van der Waals surface area contributed by atoms with E-state index >= 15 is 0 Å². The zero-order valence-electron chi connectivity index (χ0n) is 29.8. The average Bonchev–Trinajstić information content (AvgIpc) is 3.53. The van der Waals surface area contributed by atoms with E-state index in [0.717, 1.165) is 16.7 Å². The lowest BCUT2D eigenvalue weighted by Gasteiger charge is -2.28. The Morgan fingerprint density at radius 2 is 0.981 bits per heavy atom. The van der Waals surface area contributed by atoms with Crippen LogP contribution in [0.4, 0.5) is 0 Å². The smallest absolute Gasteiger partial charge is 0.160 e. The van der Waals surface area contributed by atoms with Gasteiger partial charge in [0.2, 0.25) is 0 Å². The van der Waals surface area contributed by atoms with E-state index in [4.69, 9.17) is 28.4 Å². The number of rotatable bonds is 17. The highest BCUT2D eigenvalue weighted by Gasteiger charge is 2.46. The van der Waals surface area contributed by atoms with Crippen LogP contribution in [0.5, 0.6) is 46.0 Å². The summed E-state index contributed by atoms with van der Waals surface area (Å²) >= 11 is 0. The maximum Gasteiger partial charge on any atom is 0.160 e. The summed E-state index contributed by atoms with van der Waals surface area (Å²) in [4.78, 5) is 0. The van der Waals surface area contributed by atoms with Crippen LogP contribution >= 0.6 is 0 Å². The number of aliphatic hydroxyl groups excluding tert-OH is 2. The molecule has 4 aromatic carbocycles. The summed E-state index contributed by atoms with van der Waals surface area (Å²) in [6, 6.07) is 20.2. The van der Waals surface area contributed by atoms with Crippen molar-refractivity contribution < 1.29 is 59.1 Å². The van der Waals surface area contributed by atoms with Crippen molar-refractivity contribution in [2.24, 2.45) is 23.7 Å². The number of aromatic hydroxyl groups is 4. The molecule has 4 aromatic rings. The van der Waals surface area contributed by atoms with Crippen LogP contribution < -0.4 is 18.9 Å². The second-order valence-corrected chi connectivity index (χ2v) is 13.0. The number of aliphatic hydroxyl groups is 2. The summed E-state index contributed by atoms with van der Waals surface area (Å²) in [5.41, 5.74) is 3.16. The Bertz CT molecular complexity index is 1780. The average molecular weight is 721 g/mol. The summed E-state index contributed by atoms with van der Waals surface area (Å²) in [6.45, 7) is 0.0121. The largest absolute Gasteiger partial charge is 0.504 e. The van der Waals surface area contributed by atoms with E-state index in [1.807, 2.05) is 0 Å². The minimum atomic E-state index is -0.590. The van der Waals surface area contributed by atoms with Gasteiger partial charge in [-0.15, -0.1) is 0 Å². The molecule has 280 valence electrons. The van der Waals surface area contributed by atoms with Gasteiger partial charge in [-0.05, 0) is 95.5 Å². The van der Waals surface area contributed by atoms with Gasteiger partial charge in [-0.1, -0.05) is 24.3 Å². The Hall–Kier alpha value is -4.88. The van der Waals surface area contributed by atoms with Gasteiger partial charge in [0.1, 0.15) is 0 Å². The van der Waals surface area contributed by atoms with Gasteiger partial charge in [-0.2, -0.15) is 0 Å². The fraction of sp³-hybridized carbons (Fsp3) is 0.400. The van der Waals surface area contributed by atoms with Crippen molar-refractivity contribution in [2.45, 2.75) is 25.0 Å². The maximum atomic E-state index is 10.8. The zero-order chi connectivity index (χ0) is 37.4. The van der Waals surface area contributed by atoms with E-state index in [1.54, 1.807) is 60.7 Å². The van der Waals surface area contributed by atoms with Crippen LogP contribution in [0.25, 0.3) is 0 Å². The predicted octanol–water partition coefficient (Wildman–Crippen LogP) is 5.31. The predicted molar refractivity (Wildman–Crippen MR) is 192 cm³/mol. The van der Waals surface area contributed by atoms with Crippen molar-refractivity contribution in [1.29, 1.82) is 0 Å². The number of phenolic OH excluding ortho intramolecular Hbond substituents is 4. The van der Waals surface area contributed by atoms with Crippen LogP contribution in [0.15, 0.2) is 72.8 Å². The summed E-state index contributed by atoms with van der Waals surface area (Å²) < 4.78 is 34.6. The fourth-order valence-corrected chi connectivity index (χ4v) is 7.05. The summed E-state index contributed by atoms with van der Waals surface area (Å²) in [7, 11) is 5.89. The van der Waals surface area contributed by atoms with Crippen LogP contribution in [0.3, 0.4) is 0 Å². The lowest BCUT2D eigenvalue weighted by Crippen LogP contribution is -2.30. The molecule has 1 saturated heterocycles. The van der Waals surface area contributed by atoms with Gasteiger partial charge in [-0.25, -0.2) is 0 Å². The van der Waals surface area contributed by atoms with Gasteiger partial charge in [0, 0.05) is 25.0 Å². The maximum absolute atomic E-state index is 10.8. The summed E-state index contributed by atoms with van der Waals surface area (Å²) in [6.07, 6.45) is -0.221. The minimum absolute atomic E-state index is 0.0166. The molecule has 6 unspecified atom stereocenters.